The molecule has 1 aliphatic carbocycles. The lowest BCUT2D eigenvalue weighted by Crippen LogP contribution is -2.04. The first-order valence-electron chi connectivity index (χ1n) is 4.61. The molecule has 0 bridgehead atoms. The van der Waals surface area contributed by atoms with Gasteiger partial charge in [0.05, 0.1) is 4.88 Å². The van der Waals surface area contributed by atoms with Gasteiger partial charge in [-0.3, -0.25) is 4.79 Å². The summed E-state index contributed by atoms with van der Waals surface area (Å²) in [6.45, 7) is 1.29. The van der Waals surface area contributed by atoms with E-state index >= 15 is 0 Å². The molecule has 0 spiro atoms. The summed E-state index contributed by atoms with van der Waals surface area (Å²) >= 11 is 0.568. The second kappa shape index (κ2) is 3.33. The maximum absolute atomic E-state index is 12.6. The summed E-state index contributed by atoms with van der Waals surface area (Å²) in [6.07, 6.45) is -2.72. The third-order valence-electron chi connectivity index (χ3n) is 2.38. The van der Waals surface area contributed by atoms with E-state index in [2.05, 4.69) is 0 Å². The Morgan fingerprint density at radius 3 is 2.47 bits per heavy atom. The molecule has 0 aromatic carbocycles. The van der Waals surface area contributed by atoms with Crippen molar-refractivity contribution < 1.29 is 18.0 Å². The number of carbonyl (C=O) groups excluding carboxylic acids is 1. The number of thiophene rings is 1. The van der Waals surface area contributed by atoms with E-state index in [9.17, 15) is 18.0 Å². The van der Waals surface area contributed by atoms with Crippen LogP contribution in [0.25, 0.3) is 0 Å². The van der Waals surface area contributed by atoms with E-state index in [1.807, 2.05) is 0 Å². The number of carbonyl (C=O) groups is 1. The molecule has 1 heterocycles. The minimum atomic E-state index is -4.32. The van der Waals surface area contributed by atoms with E-state index < -0.39 is 11.1 Å². The number of halogens is 3. The molecule has 0 N–H and O–H groups in total. The first kappa shape index (κ1) is 10.7. The molecule has 0 atom stereocenters. The zero-order valence-corrected chi connectivity index (χ0v) is 8.84. The quantitative estimate of drug-likeness (QED) is 0.710. The number of hydrogen-bond acceptors (Lipinski definition) is 2. The summed E-state index contributed by atoms with van der Waals surface area (Å²) in [4.78, 5) is 10.6. The molecule has 0 amide bonds. The second-order valence-electron chi connectivity index (χ2n) is 3.72. The highest BCUT2D eigenvalue weighted by atomic mass is 32.1. The lowest BCUT2D eigenvalue weighted by atomic mass is 10.1. The fourth-order valence-electron chi connectivity index (χ4n) is 1.50. The number of hydrogen-bond donors (Lipinski definition) is 0. The Balaban J connectivity index is 2.46. The summed E-state index contributed by atoms with van der Waals surface area (Å²) in [5.41, 5.74) is 0.317. The van der Waals surface area contributed by atoms with Crippen LogP contribution in [-0.4, -0.2) is 5.78 Å². The van der Waals surface area contributed by atoms with Gasteiger partial charge in [0, 0.05) is 0 Å². The second-order valence-corrected chi connectivity index (χ2v) is 4.78. The third-order valence-corrected chi connectivity index (χ3v) is 3.68. The smallest absolute Gasteiger partial charge is 0.294 e. The van der Waals surface area contributed by atoms with Crippen LogP contribution >= 0.6 is 11.3 Å². The predicted molar refractivity (Wildman–Crippen MR) is 51.3 cm³/mol. The molecular formula is C10H9F3OS. The molecule has 0 unspecified atom stereocenters. The maximum Gasteiger partial charge on any atom is 0.425 e. The summed E-state index contributed by atoms with van der Waals surface area (Å²) in [5.74, 6) is -0.275. The Morgan fingerprint density at radius 1 is 1.47 bits per heavy atom. The molecule has 1 saturated carbocycles. The molecule has 15 heavy (non-hydrogen) atoms. The van der Waals surface area contributed by atoms with Gasteiger partial charge in [-0.05, 0) is 37.3 Å². The van der Waals surface area contributed by atoms with Crippen molar-refractivity contribution in [2.75, 3.05) is 0 Å². The minimum Gasteiger partial charge on any atom is -0.294 e. The summed E-state index contributed by atoms with van der Waals surface area (Å²) in [7, 11) is 0. The van der Waals surface area contributed by atoms with Crippen molar-refractivity contribution >= 4 is 17.1 Å². The van der Waals surface area contributed by atoms with Gasteiger partial charge < -0.3 is 0 Å². The molecule has 0 aliphatic heterocycles. The van der Waals surface area contributed by atoms with Crippen molar-refractivity contribution in [3.8, 4) is 0 Å². The van der Waals surface area contributed by atoms with Crippen molar-refractivity contribution in [3.63, 3.8) is 0 Å². The Hall–Kier alpha value is -0.840. The van der Waals surface area contributed by atoms with Crippen LogP contribution in [0.3, 0.4) is 0 Å². The van der Waals surface area contributed by atoms with Gasteiger partial charge in [-0.2, -0.15) is 13.2 Å². The van der Waals surface area contributed by atoms with Crippen LogP contribution < -0.4 is 0 Å². The first-order chi connectivity index (χ1) is 6.89. The van der Waals surface area contributed by atoms with Crippen LogP contribution in [0.15, 0.2) is 6.07 Å². The van der Waals surface area contributed by atoms with Gasteiger partial charge in [-0.15, -0.1) is 11.3 Å². The Bertz CT molecular complexity index is 401. The van der Waals surface area contributed by atoms with Crippen LogP contribution in [0.4, 0.5) is 13.2 Å². The van der Waals surface area contributed by atoms with Gasteiger partial charge in [0.25, 0.3) is 0 Å². The highest BCUT2D eigenvalue weighted by Crippen LogP contribution is 2.49. The molecule has 0 saturated heterocycles. The lowest BCUT2D eigenvalue weighted by Gasteiger charge is -2.05. The van der Waals surface area contributed by atoms with Crippen molar-refractivity contribution in [2.45, 2.75) is 31.9 Å². The van der Waals surface area contributed by atoms with Crippen LogP contribution in [0.5, 0.6) is 0 Å². The van der Waals surface area contributed by atoms with Gasteiger partial charge in [0.1, 0.15) is 4.88 Å². The largest absolute Gasteiger partial charge is 0.425 e. The van der Waals surface area contributed by atoms with E-state index in [1.54, 1.807) is 0 Å². The van der Waals surface area contributed by atoms with E-state index in [1.165, 1.54) is 13.0 Å². The molecule has 1 nitrogen and oxygen atoms in total. The Morgan fingerprint density at radius 2 is 2.07 bits per heavy atom. The van der Waals surface area contributed by atoms with Crippen LogP contribution in [-0.2, 0) is 6.18 Å². The van der Waals surface area contributed by atoms with Gasteiger partial charge in [0.15, 0.2) is 5.78 Å². The maximum atomic E-state index is 12.6. The average molecular weight is 234 g/mol. The number of Topliss-reactive ketones (excluding diaryl/α,β-unsaturated/α-hetero) is 1. The zero-order valence-electron chi connectivity index (χ0n) is 8.02. The number of alkyl halides is 3. The van der Waals surface area contributed by atoms with Crippen molar-refractivity contribution in [3.05, 3.63) is 21.4 Å². The van der Waals surface area contributed by atoms with Gasteiger partial charge in [0.2, 0.25) is 0 Å². The number of rotatable bonds is 2. The Kier molecular flexibility index (Phi) is 2.37. The topological polar surface area (TPSA) is 17.1 Å². The third kappa shape index (κ3) is 2.07. The van der Waals surface area contributed by atoms with Crippen LogP contribution in [0.1, 0.15) is 45.8 Å². The van der Waals surface area contributed by atoms with Crippen molar-refractivity contribution in [1.29, 1.82) is 0 Å². The molecule has 5 heteroatoms. The van der Waals surface area contributed by atoms with E-state index in [4.69, 9.17) is 0 Å². The van der Waals surface area contributed by atoms with Crippen LogP contribution in [0.2, 0.25) is 0 Å². The summed E-state index contributed by atoms with van der Waals surface area (Å²) < 4.78 is 37.8. The molecular weight excluding hydrogens is 225 g/mol. The average Bonchev–Trinajstić information content (AvgIpc) is 2.81. The standard InChI is InChI=1S/C10H9F3OS/c1-5(14)8-4-7(6-2-3-6)9(15-8)10(11,12)13/h4,6H,2-3H2,1H3. The SMILES string of the molecule is CC(=O)c1cc(C2CC2)c(C(F)(F)F)s1. The normalized spacial score (nSPS) is 16.8. The molecule has 1 aliphatic rings. The van der Waals surface area contributed by atoms with E-state index in [0.29, 0.717) is 16.9 Å². The van der Waals surface area contributed by atoms with Crippen molar-refractivity contribution in [2.24, 2.45) is 0 Å². The van der Waals surface area contributed by atoms with Crippen LogP contribution in [0, 0.1) is 0 Å². The molecule has 1 aromatic heterocycles. The molecule has 1 aromatic rings. The first-order valence-corrected chi connectivity index (χ1v) is 5.43. The van der Waals surface area contributed by atoms with Gasteiger partial charge >= 0.3 is 6.18 Å². The fraction of sp³-hybridized carbons (Fsp3) is 0.500. The van der Waals surface area contributed by atoms with Crippen molar-refractivity contribution in [1.82, 2.24) is 0 Å². The van der Waals surface area contributed by atoms with Gasteiger partial charge in [-0.25, -0.2) is 0 Å². The highest BCUT2D eigenvalue weighted by molar-refractivity contribution is 7.14. The molecule has 82 valence electrons. The van der Waals surface area contributed by atoms with E-state index in [-0.39, 0.29) is 16.6 Å². The molecule has 0 radical (unpaired) electrons. The lowest BCUT2D eigenvalue weighted by molar-refractivity contribution is -0.134. The minimum absolute atomic E-state index is 0.0194. The van der Waals surface area contributed by atoms with Gasteiger partial charge in [-0.1, -0.05) is 0 Å². The highest BCUT2D eigenvalue weighted by Gasteiger charge is 2.40. The molecule has 1 fully saturated rings. The fourth-order valence-corrected chi connectivity index (χ4v) is 2.51. The van der Waals surface area contributed by atoms with E-state index in [0.717, 1.165) is 12.8 Å². The monoisotopic (exact) mass is 234 g/mol. The zero-order chi connectivity index (χ0) is 11.2. The predicted octanol–water partition coefficient (Wildman–Crippen LogP) is 3.85. The Labute approximate surface area is 88.9 Å². The summed E-state index contributed by atoms with van der Waals surface area (Å²) in [5, 5.41) is 0. The molecule has 2 rings (SSSR count). The number of ketones is 1. The summed E-state index contributed by atoms with van der Waals surface area (Å²) in [6, 6.07) is 1.41.